The molecule has 0 fully saturated rings. The quantitative estimate of drug-likeness (QED) is 0.593. The molecule has 2 aromatic heterocycles. The van der Waals surface area contributed by atoms with Gasteiger partial charge in [0.2, 0.25) is 5.78 Å². The third kappa shape index (κ3) is 2.48. The van der Waals surface area contributed by atoms with Gasteiger partial charge in [-0.3, -0.25) is 9.78 Å². The number of nitrogens with zero attached hydrogens (tertiary/aromatic N) is 1. The minimum atomic E-state index is -0.435. The highest BCUT2D eigenvalue weighted by Gasteiger charge is 2.17. The number of carbonyl (C=O) groups is 2. The molecule has 0 aliphatic heterocycles. The largest absolute Gasteiger partial charge is 0.461 e. The summed E-state index contributed by atoms with van der Waals surface area (Å²) in [7, 11) is 0. The number of aromatic nitrogens is 2. The van der Waals surface area contributed by atoms with Crippen molar-refractivity contribution in [2.75, 3.05) is 6.61 Å². The summed E-state index contributed by atoms with van der Waals surface area (Å²) in [6.07, 6.45) is 1.58. The van der Waals surface area contributed by atoms with Crippen LogP contribution in [0.5, 0.6) is 0 Å². The Kier molecular flexibility index (Phi) is 3.70. The Balaban J connectivity index is 2.07. The Morgan fingerprint density at radius 3 is 2.77 bits per heavy atom. The van der Waals surface area contributed by atoms with Crippen molar-refractivity contribution >= 4 is 22.7 Å². The molecule has 5 heteroatoms. The first-order valence-corrected chi connectivity index (χ1v) is 6.95. The molecule has 0 amide bonds. The zero-order chi connectivity index (χ0) is 15.5. The first-order valence-electron chi connectivity index (χ1n) is 6.95. The molecule has 3 aromatic rings. The molecule has 0 atom stereocenters. The molecule has 5 nitrogen and oxygen atoms in total. The van der Waals surface area contributed by atoms with Crippen LogP contribution >= 0.6 is 0 Å². The molecule has 1 N–H and O–H groups in total. The topological polar surface area (TPSA) is 72.1 Å². The van der Waals surface area contributed by atoms with Gasteiger partial charge in [0.15, 0.2) is 0 Å². The van der Waals surface area contributed by atoms with Crippen LogP contribution < -0.4 is 0 Å². The SMILES string of the molecule is CCOC(=O)c1cc2cccc(C(=O)c3ccccn3)c2[nH]1. The molecule has 22 heavy (non-hydrogen) atoms. The van der Waals surface area contributed by atoms with E-state index in [9.17, 15) is 9.59 Å². The van der Waals surface area contributed by atoms with Crippen LogP contribution in [0.4, 0.5) is 0 Å². The number of esters is 1. The number of rotatable bonds is 4. The predicted molar refractivity (Wildman–Crippen MR) is 81.9 cm³/mol. The number of nitrogens with one attached hydrogen (secondary N) is 1. The van der Waals surface area contributed by atoms with E-state index < -0.39 is 5.97 Å². The molecule has 0 spiro atoms. The lowest BCUT2D eigenvalue weighted by Gasteiger charge is -2.02. The molecule has 0 unspecified atom stereocenters. The van der Waals surface area contributed by atoms with Gasteiger partial charge in [-0.25, -0.2) is 4.79 Å². The lowest BCUT2D eigenvalue weighted by atomic mass is 10.1. The van der Waals surface area contributed by atoms with Gasteiger partial charge in [0.05, 0.1) is 12.1 Å². The van der Waals surface area contributed by atoms with Gasteiger partial charge in [0.1, 0.15) is 11.4 Å². The molecule has 3 rings (SSSR count). The highest BCUT2D eigenvalue weighted by molar-refractivity contribution is 6.15. The predicted octanol–water partition coefficient (Wildman–Crippen LogP) is 2.97. The van der Waals surface area contributed by atoms with Crippen molar-refractivity contribution in [1.82, 2.24) is 9.97 Å². The number of ether oxygens (including phenoxy) is 1. The first-order chi connectivity index (χ1) is 10.7. The molecular weight excluding hydrogens is 280 g/mol. The molecule has 0 saturated carbocycles. The summed E-state index contributed by atoms with van der Waals surface area (Å²) in [5.74, 6) is -0.626. The summed E-state index contributed by atoms with van der Waals surface area (Å²) < 4.78 is 4.98. The van der Waals surface area contributed by atoms with Crippen LogP contribution in [0, 0.1) is 0 Å². The number of hydrogen-bond acceptors (Lipinski definition) is 4. The average Bonchev–Trinajstić information content (AvgIpc) is 2.99. The van der Waals surface area contributed by atoms with Gasteiger partial charge in [-0.05, 0) is 31.2 Å². The number of H-pyrrole nitrogens is 1. The number of para-hydroxylation sites is 1. The van der Waals surface area contributed by atoms with E-state index in [4.69, 9.17) is 4.74 Å². The number of pyridine rings is 1. The van der Waals surface area contributed by atoms with E-state index in [-0.39, 0.29) is 5.78 Å². The number of hydrogen-bond donors (Lipinski definition) is 1. The number of ketones is 1. The van der Waals surface area contributed by atoms with E-state index in [0.29, 0.717) is 29.1 Å². The Labute approximate surface area is 126 Å². The summed E-state index contributed by atoms with van der Waals surface area (Å²) in [5.41, 5.74) is 1.79. The summed E-state index contributed by atoms with van der Waals surface area (Å²) in [6, 6.07) is 12.2. The van der Waals surface area contributed by atoms with Crippen molar-refractivity contribution in [2.45, 2.75) is 6.92 Å². The second kappa shape index (κ2) is 5.81. The first kappa shape index (κ1) is 14.0. The summed E-state index contributed by atoms with van der Waals surface area (Å²) in [4.78, 5) is 31.4. The summed E-state index contributed by atoms with van der Waals surface area (Å²) in [5, 5.41) is 0.782. The molecule has 0 saturated heterocycles. The molecule has 1 aromatic carbocycles. The third-order valence-corrected chi connectivity index (χ3v) is 3.29. The Hall–Kier alpha value is -2.95. The van der Waals surface area contributed by atoms with Crippen molar-refractivity contribution in [3.05, 3.63) is 65.6 Å². The standard InChI is InChI=1S/C17H14N2O3/c1-2-22-17(21)14-10-11-6-5-7-12(15(11)19-14)16(20)13-8-3-4-9-18-13/h3-10,19H,2H2,1H3. The van der Waals surface area contributed by atoms with E-state index in [1.54, 1.807) is 49.5 Å². The van der Waals surface area contributed by atoms with E-state index in [0.717, 1.165) is 5.39 Å². The Morgan fingerprint density at radius 1 is 1.18 bits per heavy atom. The van der Waals surface area contributed by atoms with Crippen LogP contribution in [0.25, 0.3) is 10.9 Å². The van der Waals surface area contributed by atoms with Gasteiger partial charge >= 0.3 is 5.97 Å². The maximum atomic E-state index is 12.6. The molecule has 0 aliphatic rings. The van der Waals surface area contributed by atoms with Crippen LogP contribution in [0.2, 0.25) is 0 Å². The second-order valence-electron chi connectivity index (χ2n) is 4.72. The van der Waals surface area contributed by atoms with Crippen LogP contribution in [-0.2, 0) is 4.74 Å². The lowest BCUT2D eigenvalue weighted by molar-refractivity contribution is 0.0520. The fraction of sp³-hybridized carbons (Fsp3) is 0.118. The number of aromatic amines is 1. The maximum absolute atomic E-state index is 12.6. The van der Waals surface area contributed by atoms with Crippen molar-refractivity contribution in [1.29, 1.82) is 0 Å². The average molecular weight is 294 g/mol. The molecule has 110 valence electrons. The van der Waals surface area contributed by atoms with Crippen molar-refractivity contribution < 1.29 is 14.3 Å². The molecule has 0 radical (unpaired) electrons. The Bertz CT molecular complexity index is 837. The minimum absolute atomic E-state index is 0.191. The highest BCUT2D eigenvalue weighted by atomic mass is 16.5. The minimum Gasteiger partial charge on any atom is -0.461 e. The summed E-state index contributed by atoms with van der Waals surface area (Å²) in [6.45, 7) is 2.05. The highest BCUT2D eigenvalue weighted by Crippen LogP contribution is 2.22. The molecule has 2 heterocycles. The van der Waals surface area contributed by atoms with Gasteiger partial charge in [-0.1, -0.05) is 18.2 Å². The zero-order valence-corrected chi connectivity index (χ0v) is 12.0. The third-order valence-electron chi connectivity index (χ3n) is 3.29. The van der Waals surface area contributed by atoms with Gasteiger partial charge in [-0.2, -0.15) is 0 Å². The van der Waals surface area contributed by atoms with Crippen molar-refractivity contribution in [3.8, 4) is 0 Å². The molecule has 0 bridgehead atoms. The molecular formula is C17H14N2O3. The maximum Gasteiger partial charge on any atom is 0.354 e. The number of carbonyl (C=O) groups excluding carboxylic acids is 2. The molecule has 0 aliphatic carbocycles. The van der Waals surface area contributed by atoms with Crippen LogP contribution in [-0.4, -0.2) is 28.3 Å². The van der Waals surface area contributed by atoms with Gasteiger partial charge in [0, 0.05) is 17.1 Å². The van der Waals surface area contributed by atoms with Gasteiger partial charge in [0.25, 0.3) is 0 Å². The van der Waals surface area contributed by atoms with Gasteiger partial charge in [-0.15, -0.1) is 0 Å². The van der Waals surface area contributed by atoms with E-state index >= 15 is 0 Å². The number of benzene rings is 1. The van der Waals surface area contributed by atoms with Crippen LogP contribution in [0.3, 0.4) is 0 Å². The van der Waals surface area contributed by atoms with Crippen molar-refractivity contribution in [2.24, 2.45) is 0 Å². The monoisotopic (exact) mass is 294 g/mol. The smallest absolute Gasteiger partial charge is 0.354 e. The van der Waals surface area contributed by atoms with Crippen LogP contribution in [0.15, 0.2) is 48.7 Å². The van der Waals surface area contributed by atoms with E-state index in [2.05, 4.69) is 9.97 Å². The summed E-state index contributed by atoms with van der Waals surface area (Å²) >= 11 is 0. The second-order valence-corrected chi connectivity index (χ2v) is 4.72. The fourth-order valence-corrected chi connectivity index (χ4v) is 2.30. The normalized spacial score (nSPS) is 10.6. The van der Waals surface area contributed by atoms with Crippen LogP contribution in [0.1, 0.15) is 33.5 Å². The number of fused-ring (bicyclic) bond motifs is 1. The Morgan fingerprint density at radius 2 is 2.05 bits per heavy atom. The van der Waals surface area contributed by atoms with Crippen molar-refractivity contribution in [3.63, 3.8) is 0 Å². The lowest BCUT2D eigenvalue weighted by Crippen LogP contribution is -2.06. The zero-order valence-electron chi connectivity index (χ0n) is 12.0. The van der Waals surface area contributed by atoms with E-state index in [1.807, 2.05) is 6.07 Å². The van der Waals surface area contributed by atoms with Gasteiger partial charge < -0.3 is 9.72 Å². The van der Waals surface area contributed by atoms with E-state index in [1.165, 1.54) is 0 Å². The fourth-order valence-electron chi connectivity index (χ4n) is 2.30.